The zero-order valence-electron chi connectivity index (χ0n) is 17.6. The molecular formula is C23H23FN6O2. The fourth-order valence-corrected chi connectivity index (χ4v) is 3.94. The molecule has 3 aromatic heterocycles. The number of nitrogens with one attached hydrogen (secondary N) is 1. The van der Waals surface area contributed by atoms with Crippen molar-refractivity contribution in [2.75, 3.05) is 30.4 Å². The van der Waals surface area contributed by atoms with Gasteiger partial charge in [-0.3, -0.25) is 4.40 Å². The van der Waals surface area contributed by atoms with E-state index >= 15 is 0 Å². The van der Waals surface area contributed by atoms with Crippen molar-refractivity contribution in [2.45, 2.75) is 18.9 Å². The number of fused-ring (bicyclic) bond motifs is 1. The van der Waals surface area contributed by atoms with Gasteiger partial charge in [-0.05, 0) is 37.1 Å². The zero-order valence-corrected chi connectivity index (χ0v) is 17.6. The average molecular weight is 434 g/mol. The number of aliphatic hydroxyl groups excluding tert-OH is 1. The maximum Gasteiger partial charge on any atom is 0.228 e. The topological polar surface area (TPSA) is 87.8 Å². The molecule has 164 valence electrons. The van der Waals surface area contributed by atoms with E-state index in [2.05, 4.69) is 25.2 Å². The van der Waals surface area contributed by atoms with E-state index in [4.69, 9.17) is 4.74 Å². The van der Waals surface area contributed by atoms with Gasteiger partial charge in [0.25, 0.3) is 0 Å². The molecule has 8 nitrogen and oxygen atoms in total. The Morgan fingerprint density at radius 1 is 1.12 bits per heavy atom. The van der Waals surface area contributed by atoms with Gasteiger partial charge in [0.1, 0.15) is 17.1 Å². The fourth-order valence-electron chi connectivity index (χ4n) is 3.94. The number of pyridine rings is 1. The van der Waals surface area contributed by atoms with Crippen LogP contribution in [0.3, 0.4) is 0 Å². The molecule has 4 heterocycles. The Balaban J connectivity index is 1.43. The molecule has 1 fully saturated rings. The van der Waals surface area contributed by atoms with Gasteiger partial charge in [0.05, 0.1) is 37.0 Å². The minimum atomic E-state index is -0.532. The molecule has 2 N–H and O–H groups in total. The third-order valence-corrected chi connectivity index (χ3v) is 5.66. The third-order valence-electron chi connectivity index (χ3n) is 5.66. The van der Waals surface area contributed by atoms with Crippen molar-refractivity contribution in [2.24, 2.45) is 0 Å². The second-order valence-electron chi connectivity index (χ2n) is 7.69. The number of anilines is 3. The first-order valence-electron chi connectivity index (χ1n) is 10.5. The van der Waals surface area contributed by atoms with E-state index in [1.165, 1.54) is 0 Å². The fraction of sp³-hybridized carbons (Fsp3) is 0.261. The van der Waals surface area contributed by atoms with Crippen molar-refractivity contribution < 1.29 is 14.2 Å². The molecule has 0 unspecified atom stereocenters. The van der Waals surface area contributed by atoms with E-state index < -0.39 is 5.82 Å². The summed E-state index contributed by atoms with van der Waals surface area (Å²) in [6, 6.07) is 11.4. The van der Waals surface area contributed by atoms with Gasteiger partial charge in [-0.25, -0.2) is 19.3 Å². The van der Waals surface area contributed by atoms with Crippen molar-refractivity contribution in [3.05, 3.63) is 60.8 Å². The second-order valence-corrected chi connectivity index (χ2v) is 7.69. The number of rotatable bonds is 5. The lowest BCUT2D eigenvalue weighted by Crippen LogP contribution is -2.35. The van der Waals surface area contributed by atoms with Gasteiger partial charge in [-0.1, -0.05) is 6.07 Å². The zero-order chi connectivity index (χ0) is 22.1. The van der Waals surface area contributed by atoms with Gasteiger partial charge >= 0.3 is 0 Å². The van der Waals surface area contributed by atoms with E-state index in [0.717, 1.165) is 37.8 Å². The summed E-state index contributed by atoms with van der Waals surface area (Å²) in [6.45, 7) is 1.58. The van der Waals surface area contributed by atoms with Crippen LogP contribution in [0.15, 0.2) is 55.0 Å². The van der Waals surface area contributed by atoms with E-state index in [1.807, 2.05) is 42.6 Å². The number of benzene rings is 1. The first-order chi connectivity index (χ1) is 15.6. The lowest BCUT2D eigenvalue weighted by molar-refractivity contribution is 0.145. The maximum atomic E-state index is 14.6. The summed E-state index contributed by atoms with van der Waals surface area (Å²) in [5.74, 6) is 0.341. The van der Waals surface area contributed by atoms with Crippen LogP contribution in [-0.2, 0) is 0 Å². The number of ether oxygens (including phenoxy) is 1. The van der Waals surface area contributed by atoms with Crippen LogP contribution in [0, 0.1) is 5.82 Å². The van der Waals surface area contributed by atoms with Crippen molar-refractivity contribution in [3.63, 3.8) is 0 Å². The number of imidazole rings is 1. The number of aromatic nitrogens is 4. The maximum absolute atomic E-state index is 14.6. The van der Waals surface area contributed by atoms with Gasteiger partial charge in [0, 0.05) is 31.0 Å². The highest BCUT2D eigenvalue weighted by atomic mass is 19.1. The van der Waals surface area contributed by atoms with Gasteiger partial charge in [0.15, 0.2) is 5.82 Å². The quantitative estimate of drug-likeness (QED) is 0.496. The van der Waals surface area contributed by atoms with Crippen molar-refractivity contribution in [1.82, 2.24) is 19.4 Å². The van der Waals surface area contributed by atoms with Gasteiger partial charge in [-0.2, -0.15) is 0 Å². The lowest BCUT2D eigenvalue weighted by Gasteiger charge is -2.31. The molecule has 9 heteroatoms. The van der Waals surface area contributed by atoms with E-state index in [9.17, 15) is 9.50 Å². The number of aliphatic hydroxyl groups is 1. The summed E-state index contributed by atoms with van der Waals surface area (Å²) in [6.07, 6.45) is 5.82. The molecule has 0 saturated carbocycles. The van der Waals surface area contributed by atoms with Crippen LogP contribution in [0.25, 0.3) is 17.0 Å². The number of nitrogens with zero attached hydrogens (tertiary/aromatic N) is 5. The lowest BCUT2D eigenvalue weighted by atomic mass is 10.1. The smallest absolute Gasteiger partial charge is 0.228 e. The van der Waals surface area contributed by atoms with Crippen LogP contribution in [0.2, 0.25) is 0 Å². The summed E-state index contributed by atoms with van der Waals surface area (Å²) in [4.78, 5) is 15.0. The van der Waals surface area contributed by atoms with E-state index in [1.54, 1.807) is 17.7 Å². The number of halogens is 1. The van der Waals surface area contributed by atoms with Crippen LogP contribution in [0.1, 0.15) is 12.8 Å². The molecule has 5 rings (SSSR count). The Bertz CT molecular complexity index is 1250. The second kappa shape index (κ2) is 8.43. The summed E-state index contributed by atoms with van der Waals surface area (Å²) in [5, 5.41) is 12.9. The highest BCUT2D eigenvalue weighted by Crippen LogP contribution is 2.33. The Morgan fingerprint density at radius 2 is 1.97 bits per heavy atom. The van der Waals surface area contributed by atoms with Gasteiger partial charge in [0.2, 0.25) is 5.95 Å². The molecule has 1 saturated heterocycles. The number of hydrogen-bond acceptors (Lipinski definition) is 7. The van der Waals surface area contributed by atoms with Gasteiger partial charge in [-0.15, -0.1) is 0 Å². The predicted molar refractivity (Wildman–Crippen MR) is 120 cm³/mol. The Morgan fingerprint density at radius 3 is 2.78 bits per heavy atom. The molecule has 1 aliphatic heterocycles. The number of hydrogen-bond donors (Lipinski definition) is 2. The first kappa shape index (κ1) is 20.2. The SMILES string of the molecule is COc1cc(N2CCC(O)CC2)ccc1Nc1ncc(F)c(-c2cnc3ccccn23)n1. The normalized spacial score (nSPS) is 14.7. The molecule has 1 aromatic carbocycles. The Kier molecular flexibility index (Phi) is 5.32. The molecule has 0 spiro atoms. The van der Waals surface area contributed by atoms with Crippen molar-refractivity contribution in [3.8, 4) is 17.1 Å². The molecule has 4 aromatic rings. The average Bonchev–Trinajstić information content (AvgIpc) is 3.25. The van der Waals surface area contributed by atoms with Gasteiger partial charge < -0.3 is 20.1 Å². The summed E-state index contributed by atoms with van der Waals surface area (Å²) >= 11 is 0. The Labute approximate surface area is 184 Å². The largest absolute Gasteiger partial charge is 0.494 e. The third kappa shape index (κ3) is 3.82. The molecule has 0 bridgehead atoms. The van der Waals surface area contributed by atoms with Crippen molar-refractivity contribution >= 4 is 23.0 Å². The molecule has 1 aliphatic rings. The van der Waals surface area contributed by atoms with Crippen LogP contribution in [0.4, 0.5) is 21.7 Å². The minimum Gasteiger partial charge on any atom is -0.494 e. The summed E-state index contributed by atoms with van der Waals surface area (Å²) < 4.78 is 21.9. The summed E-state index contributed by atoms with van der Waals surface area (Å²) in [5.41, 5.74) is 3.09. The predicted octanol–water partition coefficient (Wildman–Crippen LogP) is 3.64. The number of methoxy groups -OCH3 is 1. The minimum absolute atomic E-state index is 0.156. The van der Waals surface area contributed by atoms with Crippen LogP contribution < -0.4 is 15.0 Å². The van der Waals surface area contributed by atoms with Crippen LogP contribution in [-0.4, -0.2) is 50.8 Å². The monoisotopic (exact) mass is 434 g/mol. The van der Waals surface area contributed by atoms with E-state index in [0.29, 0.717) is 22.8 Å². The van der Waals surface area contributed by atoms with E-state index in [-0.39, 0.29) is 17.7 Å². The standard InChI is InChI=1S/C23H23FN6O2/c1-32-20-12-15(29-10-7-16(31)8-11-29)5-6-18(20)27-23-26-13-17(24)22(28-23)19-14-25-21-4-2-3-9-30(19)21/h2-6,9,12-14,16,31H,7-8,10-11H2,1H3,(H,26,27,28). The molecule has 0 atom stereocenters. The molecular weight excluding hydrogens is 411 g/mol. The molecule has 0 radical (unpaired) electrons. The van der Waals surface area contributed by atoms with Crippen LogP contribution in [0.5, 0.6) is 5.75 Å². The highest BCUT2D eigenvalue weighted by Gasteiger charge is 2.19. The van der Waals surface area contributed by atoms with Crippen molar-refractivity contribution in [1.29, 1.82) is 0 Å². The molecule has 32 heavy (non-hydrogen) atoms. The molecule has 0 aliphatic carbocycles. The summed E-state index contributed by atoms with van der Waals surface area (Å²) in [7, 11) is 1.60. The highest BCUT2D eigenvalue weighted by molar-refractivity contribution is 5.69. The van der Waals surface area contributed by atoms with Crippen LogP contribution >= 0.6 is 0 Å². The number of piperidine rings is 1. The molecule has 0 amide bonds. The first-order valence-corrected chi connectivity index (χ1v) is 10.5. The Hall–Kier alpha value is -3.72.